The van der Waals surface area contributed by atoms with Crippen LogP contribution in [0.2, 0.25) is 6.82 Å². The Bertz CT molecular complexity index is 7.51. The zero-order chi connectivity index (χ0) is 6.00. The first-order valence-corrected chi connectivity index (χ1v) is 2.15. The van der Waals surface area contributed by atoms with Crippen LogP contribution >= 0.6 is 0 Å². The van der Waals surface area contributed by atoms with E-state index in [4.69, 9.17) is 0 Å². The van der Waals surface area contributed by atoms with Crippen molar-refractivity contribution in [2.75, 3.05) is 7.05 Å². The quantitative estimate of drug-likeness (QED) is 0.434. The molecule has 2 heteroatoms. The van der Waals surface area contributed by atoms with Gasteiger partial charge in [0, 0.05) is 0 Å². The Morgan fingerprint density at radius 2 is 1.00 bits per heavy atom. The highest BCUT2D eigenvalue weighted by molar-refractivity contribution is 6.05. The molecule has 0 aliphatic heterocycles. The summed E-state index contributed by atoms with van der Waals surface area (Å²) >= 11 is 0. The number of hydrogen-bond donors (Lipinski definition) is 1. The van der Waals surface area contributed by atoms with Crippen molar-refractivity contribution in [1.82, 2.24) is 0 Å². The summed E-state index contributed by atoms with van der Waals surface area (Å²) in [4.78, 5) is 0. The molecular formula is C4H14BN. The third-order valence-electron chi connectivity index (χ3n) is 0. The fourth-order valence-corrected chi connectivity index (χ4v) is 0. The molecule has 0 unspecified atom stereocenters. The summed E-state index contributed by atoms with van der Waals surface area (Å²) in [6.45, 7) is 5.50. The third-order valence-corrected chi connectivity index (χ3v) is 0. The number of hydrogen-bond acceptors (Lipinski definition) is 1. The van der Waals surface area contributed by atoms with Crippen LogP contribution in [0.4, 0.5) is 0 Å². The minimum atomic E-state index is 1.50. The van der Waals surface area contributed by atoms with E-state index in [1.807, 2.05) is 13.8 Å². The Morgan fingerprint density at radius 3 is 1.00 bits per heavy atom. The smallest absolute Gasteiger partial charge is 0.0606 e. The van der Waals surface area contributed by atoms with Crippen molar-refractivity contribution in [1.29, 1.82) is 0 Å². The highest BCUT2D eigenvalue weighted by Crippen LogP contribution is 1.14. The average molecular weight is 87.0 g/mol. The molecule has 2 N–H and O–H groups in total. The van der Waals surface area contributed by atoms with Gasteiger partial charge in [-0.05, 0) is 7.05 Å². The fraction of sp³-hybridized carbons (Fsp3) is 1.00. The Balaban J connectivity index is -0.0000000225. The lowest BCUT2D eigenvalue weighted by Gasteiger charge is -1.19. The molecule has 0 rings (SSSR count). The van der Waals surface area contributed by atoms with Gasteiger partial charge in [0.2, 0.25) is 0 Å². The summed E-state index contributed by atoms with van der Waals surface area (Å²) in [5.41, 5.74) is 4.50. The first-order valence-electron chi connectivity index (χ1n) is 2.15. The summed E-state index contributed by atoms with van der Waals surface area (Å²) in [6.07, 6.45) is 0. The van der Waals surface area contributed by atoms with Gasteiger partial charge in [0.1, 0.15) is 0 Å². The topological polar surface area (TPSA) is 26.0 Å². The van der Waals surface area contributed by atoms with Crippen molar-refractivity contribution in [3.05, 3.63) is 0 Å². The van der Waals surface area contributed by atoms with E-state index < -0.39 is 0 Å². The molecule has 2 radical (unpaired) electrons. The van der Waals surface area contributed by atoms with Gasteiger partial charge in [-0.1, -0.05) is 20.7 Å². The molecule has 0 aliphatic carbocycles. The van der Waals surface area contributed by atoms with Crippen LogP contribution in [0.15, 0.2) is 0 Å². The molecule has 6 heavy (non-hydrogen) atoms. The molecule has 38 valence electrons. The number of rotatable bonds is 0. The van der Waals surface area contributed by atoms with Crippen LogP contribution < -0.4 is 5.73 Å². The second-order valence-corrected chi connectivity index (χ2v) is 0. The lowest BCUT2D eigenvalue weighted by atomic mass is 10.2. The zero-order valence-electron chi connectivity index (χ0n) is 5.15. The lowest BCUT2D eigenvalue weighted by molar-refractivity contribution is 1.48. The summed E-state index contributed by atoms with van der Waals surface area (Å²) < 4.78 is 0. The molecule has 0 aromatic carbocycles. The van der Waals surface area contributed by atoms with Crippen molar-refractivity contribution >= 4 is 7.85 Å². The van der Waals surface area contributed by atoms with E-state index in [1.54, 1.807) is 0 Å². The summed E-state index contributed by atoms with van der Waals surface area (Å²) in [5.74, 6) is 0. The minimum absolute atomic E-state index is 1.50. The van der Waals surface area contributed by atoms with Gasteiger partial charge in [-0.25, -0.2) is 0 Å². The largest absolute Gasteiger partial charge is 0.333 e. The van der Waals surface area contributed by atoms with E-state index in [1.165, 1.54) is 13.9 Å². The van der Waals surface area contributed by atoms with Gasteiger partial charge in [-0.2, -0.15) is 0 Å². The molecule has 0 bridgehead atoms. The second kappa shape index (κ2) is 131000. The highest BCUT2D eigenvalue weighted by atomic mass is 14.4. The SMILES string of the molecule is CC.CN.[B]C. The zero-order valence-corrected chi connectivity index (χ0v) is 5.15. The lowest BCUT2D eigenvalue weighted by Crippen LogP contribution is -1.69. The minimum Gasteiger partial charge on any atom is -0.333 e. The number of nitrogens with two attached hydrogens (primary N) is 1. The molecule has 0 saturated carbocycles. The summed E-state index contributed by atoms with van der Waals surface area (Å²) in [5, 5.41) is 0. The standard InChI is InChI=1S/C2H6.CH3B.CH5N/c3*1-2/h1-2H3;1H3;2H2,1H3. The van der Waals surface area contributed by atoms with Crippen LogP contribution in [0, 0.1) is 0 Å². The molecule has 0 aliphatic rings. The van der Waals surface area contributed by atoms with Crippen molar-refractivity contribution in [2.45, 2.75) is 20.7 Å². The maximum Gasteiger partial charge on any atom is 0.0606 e. The van der Waals surface area contributed by atoms with Crippen molar-refractivity contribution < 1.29 is 0 Å². The first-order chi connectivity index (χ1) is 3.00. The molecule has 0 aromatic heterocycles. The molecular weight excluding hydrogens is 72.9 g/mol. The van der Waals surface area contributed by atoms with Gasteiger partial charge in [-0.3, -0.25) is 0 Å². The molecule has 0 saturated heterocycles. The maximum atomic E-state index is 4.50. The van der Waals surface area contributed by atoms with E-state index >= 15 is 0 Å². The molecule has 0 atom stereocenters. The van der Waals surface area contributed by atoms with Gasteiger partial charge in [0.25, 0.3) is 0 Å². The Kier molecular flexibility index (Phi) is 363000. The molecule has 0 aromatic rings. The van der Waals surface area contributed by atoms with E-state index in [0.29, 0.717) is 0 Å². The Morgan fingerprint density at radius 1 is 1.00 bits per heavy atom. The van der Waals surface area contributed by atoms with Gasteiger partial charge in [0.05, 0.1) is 7.85 Å². The van der Waals surface area contributed by atoms with E-state index in [0.717, 1.165) is 0 Å². The second-order valence-electron chi connectivity index (χ2n) is 0. The third kappa shape index (κ3) is 59200. The van der Waals surface area contributed by atoms with Crippen LogP contribution in [-0.4, -0.2) is 14.9 Å². The van der Waals surface area contributed by atoms with Crippen LogP contribution in [-0.2, 0) is 0 Å². The van der Waals surface area contributed by atoms with Gasteiger partial charge >= 0.3 is 0 Å². The Labute approximate surface area is 42.3 Å². The van der Waals surface area contributed by atoms with Crippen LogP contribution in [0.1, 0.15) is 13.8 Å². The predicted octanol–water partition coefficient (Wildman–Crippen LogP) is 0.804. The van der Waals surface area contributed by atoms with E-state index in [-0.39, 0.29) is 0 Å². The highest BCUT2D eigenvalue weighted by Gasteiger charge is 0.984. The van der Waals surface area contributed by atoms with E-state index in [9.17, 15) is 0 Å². The summed E-state index contributed by atoms with van der Waals surface area (Å²) in [6, 6.07) is 0. The average Bonchev–Trinajstić information content (AvgIpc) is 1.81. The monoisotopic (exact) mass is 87.1 g/mol. The molecule has 0 spiro atoms. The van der Waals surface area contributed by atoms with Gasteiger partial charge in [-0.15, -0.1) is 0 Å². The molecule has 0 heterocycles. The Hall–Kier alpha value is 0.0249. The predicted molar refractivity (Wildman–Crippen MR) is 33.1 cm³/mol. The van der Waals surface area contributed by atoms with Crippen molar-refractivity contribution in [2.24, 2.45) is 5.73 Å². The summed E-state index contributed by atoms with van der Waals surface area (Å²) in [7, 11) is 6.00. The van der Waals surface area contributed by atoms with E-state index in [2.05, 4.69) is 13.6 Å². The molecule has 0 fully saturated rings. The van der Waals surface area contributed by atoms with Crippen LogP contribution in [0.25, 0.3) is 0 Å². The first kappa shape index (κ1) is 16.6. The molecule has 1 nitrogen and oxygen atoms in total. The molecule has 0 amide bonds. The van der Waals surface area contributed by atoms with Crippen LogP contribution in [0.3, 0.4) is 0 Å². The van der Waals surface area contributed by atoms with Gasteiger partial charge in [0.15, 0.2) is 0 Å². The van der Waals surface area contributed by atoms with Crippen LogP contribution in [0.5, 0.6) is 0 Å². The van der Waals surface area contributed by atoms with Crippen molar-refractivity contribution in [3.63, 3.8) is 0 Å². The normalized spacial score (nSPS) is 2.83. The fourth-order valence-electron chi connectivity index (χ4n) is 0. The van der Waals surface area contributed by atoms with Gasteiger partial charge < -0.3 is 5.73 Å². The maximum absolute atomic E-state index is 4.50. The van der Waals surface area contributed by atoms with Crippen molar-refractivity contribution in [3.8, 4) is 0 Å².